The van der Waals surface area contributed by atoms with Gasteiger partial charge in [0, 0.05) is 0 Å². The van der Waals surface area contributed by atoms with Crippen molar-refractivity contribution in [2.24, 2.45) is 0 Å². The van der Waals surface area contributed by atoms with Crippen molar-refractivity contribution in [1.82, 2.24) is 0 Å². The summed E-state index contributed by atoms with van der Waals surface area (Å²) in [5, 5.41) is 0.869. The van der Waals surface area contributed by atoms with Crippen molar-refractivity contribution in [3.05, 3.63) is 28.2 Å². The maximum absolute atomic E-state index is 10.7. The molecule has 0 atom stereocenters. The number of hydrogen-bond acceptors (Lipinski definition) is 3. The van der Waals surface area contributed by atoms with Gasteiger partial charge in [0.15, 0.2) is 0 Å². The maximum atomic E-state index is 10.7. The molecule has 80 valence electrons. The van der Waals surface area contributed by atoms with E-state index < -0.39 is 5.97 Å². The van der Waals surface area contributed by atoms with Crippen LogP contribution in [0.3, 0.4) is 0 Å². The summed E-state index contributed by atoms with van der Waals surface area (Å²) in [4.78, 5) is 10.7. The molecule has 0 spiro atoms. The van der Waals surface area contributed by atoms with Crippen LogP contribution in [0.25, 0.3) is 0 Å². The first kappa shape index (κ1) is 11.9. The average Bonchev–Trinajstić information content (AvgIpc) is 2.16. The zero-order valence-corrected chi connectivity index (χ0v) is 10.4. The minimum atomic E-state index is -0.487. The fourth-order valence-electron chi connectivity index (χ4n) is 0.747. The summed E-state index contributed by atoms with van der Waals surface area (Å²) in [5.41, 5.74) is 0. The molecule has 0 radical (unpaired) electrons. The molecule has 0 unspecified atom stereocenters. The van der Waals surface area contributed by atoms with Gasteiger partial charge in [0.2, 0.25) is 0 Å². The van der Waals surface area contributed by atoms with Crippen LogP contribution < -0.4 is 4.74 Å². The first-order valence-electron chi connectivity index (χ1n) is 3.49. The topological polar surface area (TPSA) is 35.5 Å². The third-order valence-electron chi connectivity index (χ3n) is 1.31. The Kier molecular flexibility index (Phi) is 4.78. The second-order valence-electron chi connectivity index (χ2n) is 2.30. The van der Waals surface area contributed by atoms with Crippen LogP contribution in [-0.2, 0) is 29.5 Å². The van der Waals surface area contributed by atoms with E-state index in [0.29, 0.717) is 15.8 Å². The van der Waals surface area contributed by atoms with Crippen molar-refractivity contribution < 1.29 is 34.2 Å². The summed E-state index contributed by atoms with van der Waals surface area (Å²) < 4.78 is 9.42. The molecule has 0 aliphatic carbocycles. The first-order valence-corrected chi connectivity index (χ1v) is 5.13. The molecule has 0 heterocycles. The van der Waals surface area contributed by atoms with Gasteiger partial charge in [0.1, 0.15) is 0 Å². The molecule has 1 aromatic carbocycles. The monoisotopic (exact) mass is 416 g/mol. The van der Waals surface area contributed by atoms with Crippen molar-refractivity contribution in [1.29, 1.82) is 0 Å². The number of hydrogen-bond donors (Lipinski definition) is 0. The molecule has 3 nitrogen and oxygen atoms in total. The van der Waals surface area contributed by atoms with Crippen LogP contribution in [0.5, 0.6) is 5.75 Å². The van der Waals surface area contributed by atoms with Crippen LogP contribution in [-0.4, -0.2) is 12.6 Å². The van der Waals surface area contributed by atoms with E-state index >= 15 is 0 Å². The third kappa shape index (κ3) is 3.52. The van der Waals surface area contributed by atoms with Gasteiger partial charge < -0.3 is 0 Å². The van der Waals surface area contributed by atoms with Gasteiger partial charge in [-0.3, -0.25) is 0 Å². The van der Waals surface area contributed by atoms with E-state index in [1.54, 1.807) is 33.6 Å². The van der Waals surface area contributed by atoms with Crippen LogP contribution in [0.1, 0.15) is 0 Å². The van der Waals surface area contributed by atoms with Gasteiger partial charge in [-0.05, 0) is 0 Å². The Morgan fingerprint density at radius 3 is 2.71 bits per heavy atom. The van der Waals surface area contributed by atoms with Gasteiger partial charge in [-0.2, -0.15) is 0 Å². The minimum absolute atomic E-state index is 0.183. The van der Waals surface area contributed by atoms with Gasteiger partial charge in [-0.1, -0.05) is 0 Å². The molecule has 14 heavy (non-hydrogen) atoms. The molecule has 0 amide bonds. The van der Waals surface area contributed by atoms with Crippen molar-refractivity contribution in [3.8, 4) is 5.75 Å². The fraction of sp³-hybridized carbons (Fsp3) is 0.125. The number of ether oxygens (including phenoxy) is 1. The Labute approximate surface area is 104 Å². The zero-order valence-electron chi connectivity index (χ0n) is 6.72. The van der Waals surface area contributed by atoms with E-state index in [1.807, 2.05) is 0 Å². The average molecular weight is 417 g/mol. The van der Waals surface area contributed by atoms with Crippen LogP contribution in [0.4, 0.5) is 0 Å². The van der Waals surface area contributed by atoms with Crippen molar-refractivity contribution in [2.75, 3.05) is 6.61 Å². The van der Waals surface area contributed by atoms with Gasteiger partial charge in [0.05, 0.1) is 0 Å². The molecule has 1 aromatic rings. The van der Waals surface area contributed by atoms with E-state index in [-0.39, 0.29) is 6.61 Å². The van der Waals surface area contributed by atoms with Gasteiger partial charge >= 0.3 is 104 Å². The molecule has 0 aliphatic rings. The molecule has 0 saturated carbocycles. The standard InChI is InChI=1S/C8H6Cl2O3.Au/c9-5-1-2-7(6(10)3-5)13-4-8(11)12;/h1-3H,4H2,(H,11,12);/q;+1/p-1. The van der Waals surface area contributed by atoms with E-state index in [0.717, 1.165) is 0 Å². The summed E-state index contributed by atoms with van der Waals surface area (Å²) >= 11 is 13.1. The van der Waals surface area contributed by atoms with Gasteiger partial charge in [0.25, 0.3) is 0 Å². The Bertz CT molecular complexity index is 343. The molecule has 0 aliphatic heterocycles. The molecule has 0 aromatic heterocycles. The van der Waals surface area contributed by atoms with Crippen LogP contribution in [0.15, 0.2) is 18.2 Å². The summed E-state index contributed by atoms with van der Waals surface area (Å²) in [6, 6.07) is 4.74. The molecule has 6 heteroatoms. The first-order chi connectivity index (χ1) is 6.63. The normalized spacial score (nSPS) is 9.71. The third-order valence-corrected chi connectivity index (χ3v) is 2.33. The van der Waals surface area contributed by atoms with Crippen molar-refractivity contribution >= 4 is 29.2 Å². The zero-order chi connectivity index (χ0) is 10.6. The number of halogens is 2. The summed E-state index contributed by atoms with van der Waals surface area (Å²) in [6.45, 7) is -0.183. The van der Waals surface area contributed by atoms with E-state index in [9.17, 15) is 4.79 Å². The predicted molar refractivity (Wildman–Crippen MR) is 48.0 cm³/mol. The predicted octanol–water partition coefficient (Wildman–Crippen LogP) is 2.38. The summed E-state index contributed by atoms with van der Waals surface area (Å²) in [5.74, 6) is -0.0887. The van der Waals surface area contributed by atoms with Crippen LogP contribution in [0.2, 0.25) is 10.0 Å². The molecular weight excluding hydrogens is 412 g/mol. The Hall–Kier alpha value is -0.190. The van der Waals surface area contributed by atoms with Crippen molar-refractivity contribution in [2.45, 2.75) is 0 Å². The van der Waals surface area contributed by atoms with Gasteiger partial charge in [-0.15, -0.1) is 0 Å². The number of carbonyl (C=O) groups excluding carboxylic acids is 1. The second-order valence-corrected chi connectivity index (χ2v) is 3.58. The molecule has 0 N–H and O–H groups in total. The molecule has 0 fully saturated rings. The van der Waals surface area contributed by atoms with Gasteiger partial charge in [-0.25, -0.2) is 0 Å². The number of benzene rings is 1. The van der Waals surface area contributed by atoms with Crippen molar-refractivity contribution in [3.63, 3.8) is 0 Å². The molecule has 1 rings (SSSR count). The summed E-state index contributed by atoms with van der Waals surface area (Å²) in [6.07, 6.45) is 0. The van der Waals surface area contributed by atoms with E-state index in [2.05, 4.69) is 3.24 Å². The Morgan fingerprint density at radius 2 is 2.14 bits per heavy atom. The summed E-state index contributed by atoms with van der Waals surface area (Å²) in [7, 11) is 0. The Morgan fingerprint density at radius 1 is 1.43 bits per heavy atom. The van der Waals surface area contributed by atoms with Crippen LogP contribution in [0, 0.1) is 0 Å². The number of carbonyl (C=O) groups is 1. The Balaban J connectivity index is 2.63. The second kappa shape index (κ2) is 5.63. The van der Waals surface area contributed by atoms with E-state index in [4.69, 9.17) is 27.9 Å². The van der Waals surface area contributed by atoms with E-state index in [1.165, 1.54) is 6.07 Å². The molecular formula is C8H5AuCl2O3. The molecule has 0 saturated heterocycles. The van der Waals surface area contributed by atoms with Crippen LogP contribution >= 0.6 is 23.2 Å². The number of rotatable bonds is 3. The molecule has 0 bridgehead atoms. The quantitative estimate of drug-likeness (QED) is 0.710. The SMILES string of the molecule is O=C(COc1ccc(Cl)cc1Cl)[O][Au]. The fourth-order valence-corrected chi connectivity index (χ4v) is 1.34.